The van der Waals surface area contributed by atoms with E-state index in [9.17, 15) is 4.79 Å². The number of amides is 1. The first kappa shape index (κ1) is 13.1. The van der Waals surface area contributed by atoms with Crippen LogP contribution in [-0.4, -0.2) is 16.9 Å². The molecular formula is C11H19N3OS. The van der Waals surface area contributed by atoms with Crippen molar-refractivity contribution in [2.24, 2.45) is 11.7 Å². The van der Waals surface area contributed by atoms with Crippen LogP contribution in [0.25, 0.3) is 0 Å². The van der Waals surface area contributed by atoms with Gasteiger partial charge < -0.3 is 11.1 Å². The summed E-state index contributed by atoms with van der Waals surface area (Å²) >= 11 is 1.61. The van der Waals surface area contributed by atoms with Gasteiger partial charge >= 0.3 is 0 Å². The van der Waals surface area contributed by atoms with E-state index in [1.54, 1.807) is 11.3 Å². The Morgan fingerprint density at radius 1 is 1.50 bits per heavy atom. The Balaban J connectivity index is 2.52. The minimum atomic E-state index is -0.436. The molecule has 3 N–H and O–H groups in total. The Labute approximate surface area is 100 Å². The summed E-state index contributed by atoms with van der Waals surface area (Å²) in [6.45, 7) is 8.31. The summed E-state index contributed by atoms with van der Waals surface area (Å²) < 4.78 is 0. The Morgan fingerprint density at radius 2 is 2.12 bits per heavy atom. The number of carbonyl (C=O) groups is 1. The minimum Gasteiger partial charge on any atom is -0.350 e. The van der Waals surface area contributed by atoms with Gasteiger partial charge in [0.1, 0.15) is 0 Å². The summed E-state index contributed by atoms with van der Waals surface area (Å²) in [5.41, 5.74) is 6.73. The number of aromatic nitrogens is 1. The highest BCUT2D eigenvalue weighted by Gasteiger charge is 2.17. The van der Waals surface area contributed by atoms with E-state index in [1.807, 2.05) is 27.7 Å². The fourth-order valence-corrected chi connectivity index (χ4v) is 2.20. The first-order chi connectivity index (χ1) is 7.41. The molecule has 4 nitrogen and oxygen atoms in total. The monoisotopic (exact) mass is 241 g/mol. The van der Waals surface area contributed by atoms with Crippen LogP contribution in [0.15, 0.2) is 0 Å². The lowest BCUT2D eigenvalue weighted by Crippen LogP contribution is -2.43. The van der Waals surface area contributed by atoms with Gasteiger partial charge in [0.2, 0.25) is 5.91 Å². The van der Waals surface area contributed by atoms with E-state index in [0.717, 1.165) is 15.6 Å². The van der Waals surface area contributed by atoms with Gasteiger partial charge in [-0.2, -0.15) is 0 Å². The Kier molecular flexibility index (Phi) is 4.44. The van der Waals surface area contributed by atoms with Crippen molar-refractivity contribution in [1.82, 2.24) is 10.3 Å². The number of hydrogen-bond donors (Lipinski definition) is 2. The average molecular weight is 241 g/mol. The molecule has 16 heavy (non-hydrogen) atoms. The molecule has 0 aliphatic heterocycles. The van der Waals surface area contributed by atoms with E-state index in [-0.39, 0.29) is 11.8 Å². The molecule has 0 saturated heterocycles. The molecule has 0 saturated carbocycles. The molecule has 0 aliphatic carbocycles. The highest BCUT2D eigenvalue weighted by atomic mass is 32.1. The summed E-state index contributed by atoms with van der Waals surface area (Å²) in [6, 6.07) is -0.436. The van der Waals surface area contributed by atoms with Crippen molar-refractivity contribution in [3.8, 4) is 0 Å². The zero-order chi connectivity index (χ0) is 12.3. The zero-order valence-electron chi connectivity index (χ0n) is 10.2. The van der Waals surface area contributed by atoms with Gasteiger partial charge in [-0.1, -0.05) is 13.8 Å². The van der Waals surface area contributed by atoms with Crippen molar-refractivity contribution < 1.29 is 4.79 Å². The molecule has 0 aliphatic rings. The highest BCUT2D eigenvalue weighted by Crippen LogP contribution is 2.16. The van der Waals surface area contributed by atoms with Gasteiger partial charge in [-0.15, -0.1) is 11.3 Å². The molecule has 0 spiro atoms. The number of rotatable bonds is 4. The Morgan fingerprint density at radius 3 is 2.56 bits per heavy atom. The van der Waals surface area contributed by atoms with Crippen LogP contribution in [0.4, 0.5) is 0 Å². The van der Waals surface area contributed by atoms with E-state index in [1.165, 1.54) is 0 Å². The van der Waals surface area contributed by atoms with Crippen LogP contribution in [0, 0.1) is 19.8 Å². The normalized spacial score (nSPS) is 12.9. The van der Waals surface area contributed by atoms with Gasteiger partial charge in [-0.05, 0) is 19.8 Å². The number of nitrogens with one attached hydrogen (secondary N) is 1. The van der Waals surface area contributed by atoms with Crippen LogP contribution in [-0.2, 0) is 11.3 Å². The maximum absolute atomic E-state index is 11.6. The SMILES string of the molecule is Cc1nc(C)c(CNC(=O)C(N)C(C)C)s1. The topological polar surface area (TPSA) is 68.0 Å². The standard InChI is InChI=1S/C11H19N3OS/c1-6(2)10(12)11(15)13-5-9-7(3)14-8(4)16-9/h6,10H,5,12H2,1-4H3,(H,13,15). The molecule has 1 amide bonds. The third-order valence-corrected chi connectivity index (χ3v) is 3.52. The van der Waals surface area contributed by atoms with Gasteiger partial charge in [-0.3, -0.25) is 4.79 Å². The Hall–Kier alpha value is -0.940. The van der Waals surface area contributed by atoms with Crippen molar-refractivity contribution in [2.75, 3.05) is 0 Å². The molecule has 1 aromatic rings. The number of carbonyl (C=O) groups excluding carboxylic acids is 1. The second-order valence-corrected chi connectivity index (χ2v) is 5.52. The number of hydrogen-bond acceptors (Lipinski definition) is 4. The van der Waals surface area contributed by atoms with Crippen LogP contribution in [0.1, 0.15) is 29.4 Å². The second kappa shape index (κ2) is 5.41. The van der Waals surface area contributed by atoms with Crippen molar-refractivity contribution in [1.29, 1.82) is 0 Å². The van der Waals surface area contributed by atoms with Crippen molar-refractivity contribution in [2.45, 2.75) is 40.3 Å². The van der Waals surface area contributed by atoms with Gasteiger partial charge in [0.15, 0.2) is 0 Å². The predicted molar refractivity (Wildman–Crippen MR) is 66.2 cm³/mol. The molecule has 0 radical (unpaired) electrons. The lowest BCUT2D eigenvalue weighted by molar-refractivity contribution is -0.123. The fourth-order valence-electron chi connectivity index (χ4n) is 1.33. The predicted octanol–water partition coefficient (Wildman–Crippen LogP) is 1.36. The van der Waals surface area contributed by atoms with Crippen LogP contribution in [0.3, 0.4) is 0 Å². The Bertz CT molecular complexity index is 373. The summed E-state index contributed by atoms with van der Waals surface area (Å²) in [5.74, 6) is 0.0600. The lowest BCUT2D eigenvalue weighted by atomic mass is 10.1. The molecule has 1 atom stereocenters. The third kappa shape index (κ3) is 3.28. The smallest absolute Gasteiger partial charge is 0.237 e. The number of nitrogens with zero attached hydrogens (tertiary/aromatic N) is 1. The number of aryl methyl sites for hydroxylation is 2. The first-order valence-electron chi connectivity index (χ1n) is 5.38. The number of nitrogens with two attached hydrogens (primary N) is 1. The molecule has 1 heterocycles. The van der Waals surface area contributed by atoms with E-state index in [2.05, 4.69) is 10.3 Å². The molecule has 90 valence electrons. The van der Waals surface area contributed by atoms with Crippen molar-refractivity contribution >= 4 is 17.2 Å². The molecule has 1 rings (SSSR count). The van der Waals surface area contributed by atoms with Crippen molar-refractivity contribution in [3.63, 3.8) is 0 Å². The van der Waals surface area contributed by atoms with E-state index < -0.39 is 6.04 Å². The molecule has 1 unspecified atom stereocenters. The largest absolute Gasteiger partial charge is 0.350 e. The van der Waals surface area contributed by atoms with Crippen LogP contribution < -0.4 is 11.1 Å². The van der Waals surface area contributed by atoms with Crippen molar-refractivity contribution in [3.05, 3.63) is 15.6 Å². The van der Waals surface area contributed by atoms with Crippen LogP contribution in [0.5, 0.6) is 0 Å². The van der Waals surface area contributed by atoms with E-state index in [4.69, 9.17) is 5.73 Å². The van der Waals surface area contributed by atoms with Gasteiger partial charge in [-0.25, -0.2) is 4.98 Å². The summed E-state index contributed by atoms with van der Waals surface area (Å²) in [7, 11) is 0. The molecule has 0 aromatic carbocycles. The lowest BCUT2D eigenvalue weighted by Gasteiger charge is -2.14. The number of thiazole rings is 1. The average Bonchev–Trinajstić information content (AvgIpc) is 2.52. The van der Waals surface area contributed by atoms with Crippen LogP contribution >= 0.6 is 11.3 Å². The molecule has 1 aromatic heterocycles. The highest BCUT2D eigenvalue weighted by molar-refractivity contribution is 7.11. The maximum atomic E-state index is 11.6. The summed E-state index contributed by atoms with van der Waals surface area (Å²) in [6.07, 6.45) is 0. The maximum Gasteiger partial charge on any atom is 0.237 e. The van der Waals surface area contributed by atoms with E-state index in [0.29, 0.717) is 6.54 Å². The van der Waals surface area contributed by atoms with Crippen LogP contribution in [0.2, 0.25) is 0 Å². The molecule has 0 fully saturated rings. The van der Waals surface area contributed by atoms with Gasteiger partial charge in [0.25, 0.3) is 0 Å². The minimum absolute atomic E-state index is 0.0968. The van der Waals surface area contributed by atoms with Gasteiger partial charge in [0.05, 0.1) is 23.3 Å². The van der Waals surface area contributed by atoms with Gasteiger partial charge in [0, 0.05) is 4.88 Å². The fraction of sp³-hybridized carbons (Fsp3) is 0.636. The molecular weight excluding hydrogens is 222 g/mol. The third-order valence-electron chi connectivity index (χ3n) is 2.44. The van der Waals surface area contributed by atoms with E-state index >= 15 is 0 Å². The quantitative estimate of drug-likeness (QED) is 0.836. The summed E-state index contributed by atoms with van der Waals surface area (Å²) in [4.78, 5) is 17.0. The molecule has 5 heteroatoms. The first-order valence-corrected chi connectivity index (χ1v) is 6.19. The zero-order valence-corrected chi connectivity index (χ0v) is 11.0. The summed E-state index contributed by atoms with van der Waals surface area (Å²) in [5, 5.41) is 3.86. The second-order valence-electron chi connectivity index (χ2n) is 4.23. The molecule has 0 bridgehead atoms.